The van der Waals surface area contributed by atoms with Gasteiger partial charge >= 0.3 is 0 Å². The van der Waals surface area contributed by atoms with Crippen molar-refractivity contribution in [3.05, 3.63) is 58.1 Å². The first kappa shape index (κ1) is 14.0. The lowest BCUT2D eigenvalue weighted by Crippen LogP contribution is -2.16. The number of amides is 1. The molecule has 0 atom stereocenters. The van der Waals surface area contributed by atoms with Crippen molar-refractivity contribution in [1.29, 1.82) is 0 Å². The molecule has 3 rings (SSSR count). The largest absolute Gasteiger partial charge is 0.385 e. The van der Waals surface area contributed by atoms with E-state index < -0.39 is 0 Å². The van der Waals surface area contributed by atoms with Crippen molar-refractivity contribution in [3.63, 3.8) is 0 Å². The maximum Gasteiger partial charge on any atom is 0.255 e. The molecule has 2 N–H and O–H groups in total. The summed E-state index contributed by atoms with van der Waals surface area (Å²) in [6.07, 6.45) is 2.12. The van der Waals surface area contributed by atoms with Crippen molar-refractivity contribution in [2.24, 2.45) is 0 Å². The van der Waals surface area contributed by atoms with Crippen LogP contribution in [-0.2, 0) is 6.42 Å². The topological polar surface area (TPSA) is 41.1 Å². The monoisotopic (exact) mass is 300 g/mol. The summed E-state index contributed by atoms with van der Waals surface area (Å²) in [7, 11) is 0. The number of rotatable bonds is 2. The molecule has 0 spiro atoms. The molecule has 2 aromatic rings. The van der Waals surface area contributed by atoms with Crippen LogP contribution in [-0.4, -0.2) is 12.5 Å². The van der Waals surface area contributed by atoms with E-state index in [1.54, 1.807) is 0 Å². The molecule has 0 aliphatic carbocycles. The lowest BCUT2D eigenvalue weighted by Gasteiger charge is -2.18. The average molecular weight is 301 g/mol. The fourth-order valence-corrected chi connectivity index (χ4v) is 2.73. The van der Waals surface area contributed by atoms with Crippen molar-refractivity contribution >= 4 is 28.9 Å². The van der Waals surface area contributed by atoms with Gasteiger partial charge in [-0.25, -0.2) is 0 Å². The molecule has 0 fully saturated rings. The number of benzene rings is 2. The molecule has 1 aliphatic rings. The molecule has 1 heterocycles. The van der Waals surface area contributed by atoms with Crippen LogP contribution in [0.25, 0.3) is 0 Å². The summed E-state index contributed by atoms with van der Waals surface area (Å²) in [6, 6.07) is 11.3. The number of carbonyl (C=O) groups is 1. The highest BCUT2D eigenvalue weighted by molar-refractivity contribution is 6.31. The van der Waals surface area contributed by atoms with E-state index in [2.05, 4.69) is 10.6 Å². The van der Waals surface area contributed by atoms with Crippen molar-refractivity contribution in [1.82, 2.24) is 0 Å². The molecule has 0 saturated heterocycles. The molecule has 0 saturated carbocycles. The molecule has 0 radical (unpaired) electrons. The maximum atomic E-state index is 12.4. The van der Waals surface area contributed by atoms with Crippen molar-refractivity contribution in [2.45, 2.75) is 19.8 Å². The van der Waals surface area contributed by atoms with Gasteiger partial charge in [0.25, 0.3) is 5.91 Å². The number of halogens is 1. The number of carbonyl (C=O) groups excluding carboxylic acids is 1. The lowest BCUT2D eigenvalue weighted by molar-refractivity contribution is 0.102. The third-order valence-electron chi connectivity index (χ3n) is 3.82. The predicted molar refractivity (Wildman–Crippen MR) is 87.4 cm³/mol. The average Bonchev–Trinajstić information content (AvgIpc) is 2.51. The van der Waals surface area contributed by atoms with Crippen molar-refractivity contribution in [3.8, 4) is 0 Å². The molecular weight excluding hydrogens is 284 g/mol. The first-order chi connectivity index (χ1) is 10.1. The third-order valence-corrected chi connectivity index (χ3v) is 4.23. The summed E-state index contributed by atoms with van der Waals surface area (Å²) >= 11 is 6.08. The van der Waals surface area contributed by atoms with Gasteiger partial charge in [0.1, 0.15) is 0 Å². The van der Waals surface area contributed by atoms with Crippen LogP contribution < -0.4 is 10.6 Å². The molecule has 108 valence electrons. The van der Waals surface area contributed by atoms with Crippen LogP contribution in [0, 0.1) is 6.92 Å². The predicted octanol–water partition coefficient (Wildman–Crippen LogP) is 4.26. The Kier molecular flexibility index (Phi) is 3.84. The first-order valence-electron chi connectivity index (χ1n) is 7.08. The Morgan fingerprint density at radius 1 is 1.29 bits per heavy atom. The summed E-state index contributed by atoms with van der Waals surface area (Å²) in [4.78, 5) is 12.4. The molecule has 2 aromatic carbocycles. The van der Waals surface area contributed by atoms with Crippen LogP contribution >= 0.6 is 11.6 Å². The van der Waals surface area contributed by atoms with Gasteiger partial charge in [0.2, 0.25) is 0 Å². The van der Waals surface area contributed by atoms with E-state index in [0.717, 1.165) is 36.3 Å². The Labute approximate surface area is 129 Å². The molecule has 3 nitrogen and oxygen atoms in total. The molecule has 0 aromatic heterocycles. The highest BCUT2D eigenvalue weighted by Crippen LogP contribution is 2.25. The zero-order valence-electron chi connectivity index (χ0n) is 11.9. The highest BCUT2D eigenvalue weighted by atomic mass is 35.5. The molecule has 1 amide bonds. The van der Waals surface area contributed by atoms with E-state index in [9.17, 15) is 4.79 Å². The number of aryl methyl sites for hydroxylation is 1. The molecule has 0 bridgehead atoms. The Balaban J connectivity index is 1.84. The maximum absolute atomic E-state index is 12.4. The summed E-state index contributed by atoms with van der Waals surface area (Å²) in [6.45, 7) is 2.90. The van der Waals surface area contributed by atoms with Gasteiger partial charge in [-0.3, -0.25) is 4.79 Å². The standard InChI is InChI=1S/C17H17ClN2O/c1-11-14(18)5-2-6-15(11)20-17(21)13-7-8-16-12(10-13)4-3-9-19-16/h2,5-8,10,19H,3-4,9H2,1H3,(H,20,21). The quantitative estimate of drug-likeness (QED) is 0.870. The Hall–Kier alpha value is -2.00. The first-order valence-corrected chi connectivity index (χ1v) is 7.46. The van der Waals surface area contributed by atoms with Crippen LogP contribution in [0.5, 0.6) is 0 Å². The zero-order chi connectivity index (χ0) is 14.8. The minimum absolute atomic E-state index is 0.103. The zero-order valence-corrected chi connectivity index (χ0v) is 12.6. The Bertz CT molecular complexity index is 697. The van der Waals surface area contributed by atoms with Gasteiger partial charge in [-0.05, 0) is 61.2 Å². The van der Waals surface area contributed by atoms with Crippen LogP contribution in [0.15, 0.2) is 36.4 Å². The summed E-state index contributed by atoms with van der Waals surface area (Å²) in [5.74, 6) is -0.103. The van der Waals surface area contributed by atoms with Crippen LogP contribution in [0.2, 0.25) is 5.02 Å². The second-order valence-electron chi connectivity index (χ2n) is 5.27. The van der Waals surface area contributed by atoms with E-state index in [4.69, 9.17) is 11.6 Å². The molecule has 0 unspecified atom stereocenters. The summed E-state index contributed by atoms with van der Waals surface area (Å²) < 4.78 is 0. The van der Waals surface area contributed by atoms with Gasteiger partial charge in [-0.1, -0.05) is 17.7 Å². The summed E-state index contributed by atoms with van der Waals surface area (Å²) in [5, 5.41) is 6.93. The Morgan fingerprint density at radius 2 is 2.14 bits per heavy atom. The number of nitrogens with one attached hydrogen (secondary N) is 2. The van der Waals surface area contributed by atoms with E-state index in [-0.39, 0.29) is 5.91 Å². The fourth-order valence-electron chi connectivity index (χ4n) is 2.55. The van der Waals surface area contributed by atoms with Gasteiger partial charge in [0.05, 0.1) is 0 Å². The minimum Gasteiger partial charge on any atom is -0.385 e. The van der Waals surface area contributed by atoms with E-state index >= 15 is 0 Å². The minimum atomic E-state index is -0.103. The van der Waals surface area contributed by atoms with Gasteiger partial charge in [-0.15, -0.1) is 0 Å². The van der Waals surface area contributed by atoms with Gasteiger partial charge in [0, 0.05) is 28.5 Å². The fraction of sp³-hybridized carbons (Fsp3) is 0.235. The molecule has 21 heavy (non-hydrogen) atoms. The van der Waals surface area contributed by atoms with E-state index in [1.807, 2.05) is 43.3 Å². The SMILES string of the molecule is Cc1c(Cl)cccc1NC(=O)c1ccc2c(c1)CCCN2. The smallest absolute Gasteiger partial charge is 0.255 e. The second kappa shape index (κ2) is 5.78. The molecular formula is C17H17ClN2O. The molecule has 4 heteroatoms. The van der Waals surface area contributed by atoms with Crippen LogP contribution in [0.4, 0.5) is 11.4 Å². The number of hydrogen-bond donors (Lipinski definition) is 2. The van der Waals surface area contributed by atoms with E-state index in [1.165, 1.54) is 5.56 Å². The number of anilines is 2. The Morgan fingerprint density at radius 3 is 3.00 bits per heavy atom. The number of hydrogen-bond acceptors (Lipinski definition) is 2. The second-order valence-corrected chi connectivity index (χ2v) is 5.68. The lowest BCUT2D eigenvalue weighted by atomic mass is 10.0. The van der Waals surface area contributed by atoms with Crippen LogP contribution in [0.1, 0.15) is 27.9 Å². The normalized spacial score (nSPS) is 13.2. The van der Waals surface area contributed by atoms with Gasteiger partial charge < -0.3 is 10.6 Å². The van der Waals surface area contributed by atoms with Gasteiger partial charge in [0.15, 0.2) is 0 Å². The van der Waals surface area contributed by atoms with Crippen LogP contribution in [0.3, 0.4) is 0 Å². The highest BCUT2D eigenvalue weighted by Gasteiger charge is 2.13. The van der Waals surface area contributed by atoms with Crippen molar-refractivity contribution in [2.75, 3.05) is 17.2 Å². The van der Waals surface area contributed by atoms with E-state index in [0.29, 0.717) is 10.6 Å². The van der Waals surface area contributed by atoms with Crippen molar-refractivity contribution < 1.29 is 4.79 Å². The third kappa shape index (κ3) is 2.88. The molecule has 1 aliphatic heterocycles. The van der Waals surface area contributed by atoms with Gasteiger partial charge in [-0.2, -0.15) is 0 Å². The number of fused-ring (bicyclic) bond motifs is 1. The summed E-state index contributed by atoms with van der Waals surface area (Å²) in [5.41, 5.74) is 4.65.